The molecule has 0 amide bonds. The molecule has 0 bridgehead atoms. The minimum Gasteiger partial charge on any atom is -0.393 e. The van der Waals surface area contributed by atoms with Gasteiger partial charge in [-0.1, -0.05) is 12.8 Å². The third-order valence-electron chi connectivity index (χ3n) is 5.30. The molecule has 2 aliphatic rings. The standard InChI is InChI=1S/C17H29N3O/c1-13(2)20-14(9-10-18-20)12-19-11-5-7-16(19)15-6-3-4-8-17(15)21/h9-10,13,15-17,21H,3-8,11-12H2,1-2H3/t15-,16+,17+/m0/s1. The van der Waals surface area contributed by atoms with Crippen LogP contribution >= 0.6 is 0 Å². The van der Waals surface area contributed by atoms with Crippen LogP contribution in [0, 0.1) is 5.92 Å². The number of likely N-dealkylation sites (tertiary alicyclic amines) is 1. The van der Waals surface area contributed by atoms with Crippen molar-refractivity contribution in [2.75, 3.05) is 6.54 Å². The van der Waals surface area contributed by atoms with E-state index in [0.29, 0.717) is 18.0 Å². The van der Waals surface area contributed by atoms with E-state index in [0.717, 1.165) is 19.5 Å². The second-order valence-corrected chi connectivity index (χ2v) is 7.06. The normalized spacial score (nSPS) is 31.1. The summed E-state index contributed by atoms with van der Waals surface area (Å²) in [6.45, 7) is 6.51. The molecule has 0 unspecified atom stereocenters. The van der Waals surface area contributed by atoms with E-state index in [1.165, 1.54) is 37.8 Å². The molecule has 1 aromatic heterocycles. The van der Waals surface area contributed by atoms with Crippen molar-refractivity contribution >= 4 is 0 Å². The Labute approximate surface area is 128 Å². The second-order valence-electron chi connectivity index (χ2n) is 7.06. The Hall–Kier alpha value is -0.870. The molecule has 3 atom stereocenters. The third kappa shape index (κ3) is 3.16. The Morgan fingerprint density at radius 3 is 2.81 bits per heavy atom. The highest BCUT2D eigenvalue weighted by atomic mass is 16.3. The number of aromatic nitrogens is 2. The van der Waals surface area contributed by atoms with Crippen LogP contribution in [-0.2, 0) is 6.54 Å². The zero-order chi connectivity index (χ0) is 14.8. The Kier molecular flexibility index (Phi) is 4.65. The number of aliphatic hydroxyl groups is 1. The lowest BCUT2D eigenvalue weighted by Gasteiger charge is -2.37. The fourth-order valence-electron chi connectivity index (χ4n) is 4.26. The topological polar surface area (TPSA) is 41.3 Å². The summed E-state index contributed by atoms with van der Waals surface area (Å²) < 4.78 is 2.13. The van der Waals surface area contributed by atoms with Crippen molar-refractivity contribution in [3.05, 3.63) is 18.0 Å². The highest BCUT2D eigenvalue weighted by molar-refractivity contribution is 5.03. The van der Waals surface area contributed by atoms with E-state index in [1.54, 1.807) is 0 Å². The Morgan fingerprint density at radius 2 is 2.05 bits per heavy atom. The lowest BCUT2D eigenvalue weighted by molar-refractivity contribution is 0.0195. The second kappa shape index (κ2) is 6.49. The maximum atomic E-state index is 10.4. The van der Waals surface area contributed by atoms with Crippen LogP contribution < -0.4 is 0 Å². The minimum atomic E-state index is -0.0839. The van der Waals surface area contributed by atoms with Gasteiger partial charge in [0.15, 0.2) is 0 Å². The summed E-state index contributed by atoms with van der Waals surface area (Å²) in [6, 6.07) is 3.12. The first-order valence-electron chi connectivity index (χ1n) is 8.61. The lowest BCUT2D eigenvalue weighted by atomic mass is 9.80. The molecule has 0 aromatic carbocycles. The van der Waals surface area contributed by atoms with E-state index in [1.807, 2.05) is 6.20 Å². The van der Waals surface area contributed by atoms with E-state index >= 15 is 0 Å². The lowest BCUT2D eigenvalue weighted by Crippen LogP contribution is -2.42. The molecule has 2 fully saturated rings. The molecule has 0 spiro atoms. The summed E-state index contributed by atoms with van der Waals surface area (Å²) in [6.07, 6.45) is 9.03. The summed E-state index contributed by atoms with van der Waals surface area (Å²) in [5.74, 6) is 0.483. The molecule has 1 aliphatic heterocycles. The van der Waals surface area contributed by atoms with E-state index < -0.39 is 0 Å². The monoisotopic (exact) mass is 291 g/mol. The molecule has 118 valence electrons. The van der Waals surface area contributed by atoms with Crippen molar-refractivity contribution < 1.29 is 5.11 Å². The van der Waals surface area contributed by atoms with Gasteiger partial charge in [-0.25, -0.2) is 0 Å². The van der Waals surface area contributed by atoms with Gasteiger partial charge in [0.25, 0.3) is 0 Å². The first-order chi connectivity index (χ1) is 10.2. The first-order valence-corrected chi connectivity index (χ1v) is 8.61. The van der Waals surface area contributed by atoms with Crippen molar-refractivity contribution in [3.63, 3.8) is 0 Å². The van der Waals surface area contributed by atoms with Crippen LogP contribution in [0.4, 0.5) is 0 Å². The predicted octanol–water partition coefficient (Wildman–Crippen LogP) is 2.98. The molecule has 0 radical (unpaired) electrons. The largest absolute Gasteiger partial charge is 0.393 e. The highest BCUT2D eigenvalue weighted by Gasteiger charge is 2.37. The molecule has 1 saturated carbocycles. The van der Waals surface area contributed by atoms with E-state index in [9.17, 15) is 5.11 Å². The van der Waals surface area contributed by atoms with Gasteiger partial charge < -0.3 is 5.11 Å². The predicted molar refractivity (Wildman–Crippen MR) is 84.0 cm³/mol. The average molecular weight is 291 g/mol. The van der Waals surface area contributed by atoms with Crippen LogP contribution in [0.3, 0.4) is 0 Å². The van der Waals surface area contributed by atoms with Gasteiger partial charge in [-0.15, -0.1) is 0 Å². The molecular weight excluding hydrogens is 262 g/mol. The van der Waals surface area contributed by atoms with Crippen molar-refractivity contribution in [2.24, 2.45) is 5.92 Å². The minimum absolute atomic E-state index is 0.0839. The van der Waals surface area contributed by atoms with Gasteiger partial charge in [0.2, 0.25) is 0 Å². The molecule has 1 aliphatic carbocycles. The summed E-state index contributed by atoms with van der Waals surface area (Å²) in [5, 5.41) is 14.8. The van der Waals surface area contributed by atoms with Crippen molar-refractivity contribution in [2.45, 2.75) is 77.1 Å². The Bertz CT molecular complexity index is 457. The maximum absolute atomic E-state index is 10.4. The van der Waals surface area contributed by atoms with Crippen molar-refractivity contribution in [1.29, 1.82) is 0 Å². The molecule has 4 heteroatoms. The van der Waals surface area contributed by atoms with Gasteiger partial charge >= 0.3 is 0 Å². The molecule has 3 rings (SSSR count). The van der Waals surface area contributed by atoms with E-state index in [2.05, 4.69) is 34.6 Å². The highest BCUT2D eigenvalue weighted by Crippen LogP contribution is 2.35. The van der Waals surface area contributed by atoms with Crippen LogP contribution in [0.25, 0.3) is 0 Å². The SMILES string of the molecule is CC(C)n1nccc1CN1CCC[C@@H]1[C@@H]1CCCC[C@H]1O. The van der Waals surface area contributed by atoms with Crippen molar-refractivity contribution in [1.82, 2.24) is 14.7 Å². The number of nitrogens with zero attached hydrogens (tertiary/aromatic N) is 3. The molecule has 21 heavy (non-hydrogen) atoms. The van der Waals surface area contributed by atoms with Gasteiger partial charge in [0, 0.05) is 30.7 Å². The van der Waals surface area contributed by atoms with Crippen molar-refractivity contribution in [3.8, 4) is 0 Å². The molecule has 1 N–H and O–H groups in total. The van der Waals surface area contributed by atoms with E-state index in [4.69, 9.17) is 0 Å². The van der Waals surface area contributed by atoms with Crippen LogP contribution in [0.15, 0.2) is 12.3 Å². The van der Waals surface area contributed by atoms with Gasteiger partial charge in [-0.05, 0) is 52.1 Å². The number of aliphatic hydroxyl groups excluding tert-OH is 1. The van der Waals surface area contributed by atoms with Crippen LogP contribution in [0.1, 0.15) is 64.1 Å². The first kappa shape index (κ1) is 15.0. The number of hydrogen-bond acceptors (Lipinski definition) is 3. The zero-order valence-electron chi connectivity index (χ0n) is 13.4. The van der Waals surface area contributed by atoms with Crippen LogP contribution in [0.2, 0.25) is 0 Å². The Morgan fingerprint density at radius 1 is 1.24 bits per heavy atom. The number of rotatable bonds is 4. The quantitative estimate of drug-likeness (QED) is 0.927. The van der Waals surface area contributed by atoms with E-state index in [-0.39, 0.29) is 6.10 Å². The van der Waals surface area contributed by atoms with Gasteiger partial charge in [-0.2, -0.15) is 5.10 Å². The van der Waals surface area contributed by atoms with Gasteiger partial charge in [0.05, 0.1) is 11.8 Å². The van der Waals surface area contributed by atoms with Crippen LogP contribution in [-0.4, -0.2) is 38.5 Å². The smallest absolute Gasteiger partial charge is 0.0583 e. The Balaban J connectivity index is 1.70. The fraction of sp³-hybridized carbons (Fsp3) is 0.824. The number of hydrogen-bond donors (Lipinski definition) is 1. The molecular formula is C17H29N3O. The summed E-state index contributed by atoms with van der Waals surface area (Å²) in [5.41, 5.74) is 1.31. The average Bonchev–Trinajstić information content (AvgIpc) is 3.09. The van der Waals surface area contributed by atoms with Gasteiger partial charge in [0.1, 0.15) is 0 Å². The zero-order valence-corrected chi connectivity index (χ0v) is 13.4. The van der Waals surface area contributed by atoms with Gasteiger partial charge in [-0.3, -0.25) is 9.58 Å². The summed E-state index contributed by atoms with van der Waals surface area (Å²) >= 11 is 0. The molecule has 4 nitrogen and oxygen atoms in total. The third-order valence-corrected chi connectivity index (χ3v) is 5.30. The molecule has 2 heterocycles. The van der Waals surface area contributed by atoms with Crippen LogP contribution in [0.5, 0.6) is 0 Å². The summed E-state index contributed by atoms with van der Waals surface area (Å²) in [7, 11) is 0. The maximum Gasteiger partial charge on any atom is 0.0583 e. The molecule has 1 aromatic rings. The fourth-order valence-corrected chi connectivity index (χ4v) is 4.26. The molecule has 1 saturated heterocycles. The summed E-state index contributed by atoms with van der Waals surface area (Å²) in [4.78, 5) is 2.59.